The molecule has 2 fully saturated rings. The molecule has 2 saturated heterocycles. The van der Waals surface area contributed by atoms with Gasteiger partial charge in [-0.2, -0.15) is 0 Å². The standard InChI is InChI=1S/C21H27N3O3/c1-14-4-5-18-17(10-14)15(2)19(27-18)13-23-6-3-7-24(9-8-23)21(26)16-11-20(25)22-12-16/h4-5,10,16H,3,6-9,11-13H2,1-2H3,(H,22,25). The lowest BCUT2D eigenvalue weighted by Gasteiger charge is -2.23. The molecule has 6 heteroatoms. The van der Waals surface area contributed by atoms with Gasteiger partial charge in [0.1, 0.15) is 11.3 Å². The third-order valence-electron chi connectivity index (χ3n) is 5.78. The van der Waals surface area contributed by atoms with Crippen LogP contribution in [0.2, 0.25) is 0 Å². The lowest BCUT2D eigenvalue weighted by molar-refractivity contribution is -0.135. The molecule has 2 aliphatic rings. The largest absolute Gasteiger partial charge is 0.459 e. The molecule has 0 aliphatic carbocycles. The van der Waals surface area contributed by atoms with Crippen LogP contribution in [-0.4, -0.2) is 54.3 Å². The van der Waals surface area contributed by atoms with Crippen molar-refractivity contribution >= 4 is 22.8 Å². The highest BCUT2D eigenvalue weighted by molar-refractivity contribution is 5.89. The summed E-state index contributed by atoms with van der Waals surface area (Å²) in [6.45, 7) is 8.72. The van der Waals surface area contributed by atoms with Crippen LogP contribution in [-0.2, 0) is 16.1 Å². The second kappa shape index (κ2) is 7.35. The molecule has 1 atom stereocenters. The maximum Gasteiger partial charge on any atom is 0.228 e. The number of amides is 2. The van der Waals surface area contributed by atoms with Crippen LogP contribution in [0.15, 0.2) is 22.6 Å². The van der Waals surface area contributed by atoms with Gasteiger partial charge in [0, 0.05) is 44.5 Å². The average Bonchev–Trinajstić information content (AvgIpc) is 3.11. The van der Waals surface area contributed by atoms with Crippen molar-refractivity contribution in [1.82, 2.24) is 15.1 Å². The number of hydrogen-bond acceptors (Lipinski definition) is 4. The smallest absolute Gasteiger partial charge is 0.228 e. The number of aryl methyl sites for hydroxylation is 2. The van der Waals surface area contributed by atoms with Gasteiger partial charge in [0.25, 0.3) is 0 Å². The number of carbonyl (C=O) groups excluding carboxylic acids is 2. The first-order valence-electron chi connectivity index (χ1n) is 9.78. The third kappa shape index (κ3) is 3.72. The van der Waals surface area contributed by atoms with E-state index in [9.17, 15) is 9.59 Å². The van der Waals surface area contributed by atoms with Gasteiger partial charge in [-0.15, -0.1) is 0 Å². The third-order valence-corrected chi connectivity index (χ3v) is 5.78. The molecule has 2 amide bonds. The number of nitrogens with zero attached hydrogens (tertiary/aromatic N) is 2. The lowest BCUT2D eigenvalue weighted by Crippen LogP contribution is -2.39. The van der Waals surface area contributed by atoms with Gasteiger partial charge in [-0.1, -0.05) is 11.6 Å². The van der Waals surface area contributed by atoms with Crippen molar-refractivity contribution in [3.05, 3.63) is 35.1 Å². The Labute approximate surface area is 159 Å². The summed E-state index contributed by atoms with van der Waals surface area (Å²) in [5.41, 5.74) is 3.39. The Morgan fingerprint density at radius 3 is 2.85 bits per heavy atom. The topological polar surface area (TPSA) is 65.8 Å². The molecule has 1 aromatic heterocycles. The summed E-state index contributed by atoms with van der Waals surface area (Å²) in [7, 11) is 0. The van der Waals surface area contributed by atoms with Gasteiger partial charge in [-0.3, -0.25) is 14.5 Å². The summed E-state index contributed by atoms with van der Waals surface area (Å²) >= 11 is 0. The normalized spacial score (nSPS) is 21.5. The van der Waals surface area contributed by atoms with E-state index in [2.05, 4.69) is 36.2 Å². The lowest BCUT2D eigenvalue weighted by atomic mass is 10.1. The zero-order valence-electron chi connectivity index (χ0n) is 16.1. The number of rotatable bonds is 3. The molecule has 2 aliphatic heterocycles. The van der Waals surface area contributed by atoms with Crippen molar-refractivity contribution in [3.8, 4) is 0 Å². The summed E-state index contributed by atoms with van der Waals surface area (Å²) in [5, 5.41) is 3.95. The molecule has 144 valence electrons. The monoisotopic (exact) mass is 369 g/mol. The second-order valence-corrected chi connectivity index (χ2v) is 7.81. The fraction of sp³-hybridized carbons (Fsp3) is 0.524. The average molecular weight is 369 g/mol. The molecule has 0 spiro atoms. The molecule has 3 heterocycles. The Morgan fingerprint density at radius 1 is 1.22 bits per heavy atom. The molecule has 4 rings (SSSR count). The van der Waals surface area contributed by atoms with E-state index < -0.39 is 0 Å². The van der Waals surface area contributed by atoms with Crippen LogP contribution in [0.5, 0.6) is 0 Å². The minimum atomic E-state index is -0.190. The zero-order chi connectivity index (χ0) is 19.0. The van der Waals surface area contributed by atoms with E-state index in [-0.39, 0.29) is 17.7 Å². The fourth-order valence-corrected chi connectivity index (χ4v) is 4.13. The van der Waals surface area contributed by atoms with E-state index in [1.54, 1.807) is 0 Å². The Morgan fingerprint density at radius 2 is 2.07 bits per heavy atom. The number of furan rings is 1. The molecule has 1 unspecified atom stereocenters. The molecule has 6 nitrogen and oxygen atoms in total. The molecule has 0 radical (unpaired) electrons. The first-order chi connectivity index (χ1) is 13.0. The number of hydrogen-bond donors (Lipinski definition) is 1. The number of fused-ring (bicyclic) bond motifs is 1. The summed E-state index contributed by atoms with van der Waals surface area (Å²) < 4.78 is 6.10. The molecular formula is C21H27N3O3. The van der Waals surface area contributed by atoms with Gasteiger partial charge >= 0.3 is 0 Å². The SMILES string of the molecule is Cc1ccc2oc(CN3CCCN(C(=O)C4CNC(=O)C4)CC3)c(C)c2c1. The summed E-state index contributed by atoms with van der Waals surface area (Å²) in [6.07, 6.45) is 1.27. The zero-order valence-corrected chi connectivity index (χ0v) is 16.1. The number of benzene rings is 1. The van der Waals surface area contributed by atoms with Crippen LogP contribution in [0.3, 0.4) is 0 Å². The van der Waals surface area contributed by atoms with Gasteiger partial charge in [0.15, 0.2) is 0 Å². The first-order valence-corrected chi connectivity index (χ1v) is 9.78. The Bertz CT molecular complexity index is 873. The van der Waals surface area contributed by atoms with Crippen molar-refractivity contribution in [3.63, 3.8) is 0 Å². The molecule has 2 aromatic rings. The van der Waals surface area contributed by atoms with Crippen molar-refractivity contribution < 1.29 is 14.0 Å². The summed E-state index contributed by atoms with van der Waals surface area (Å²) in [5.74, 6) is 0.928. The van der Waals surface area contributed by atoms with E-state index in [4.69, 9.17) is 4.42 Å². The van der Waals surface area contributed by atoms with Gasteiger partial charge in [0.2, 0.25) is 11.8 Å². The van der Waals surface area contributed by atoms with Crippen LogP contribution in [0.4, 0.5) is 0 Å². The Hall–Kier alpha value is -2.34. The van der Waals surface area contributed by atoms with E-state index in [0.29, 0.717) is 19.5 Å². The second-order valence-electron chi connectivity index (χ2n) is 7.81. The summed E-state index contributed by atoms with van der Waals surface area (Å²) in [6, 6.07) is 6.30. The van der Waals surface area contributed by atoms with E-state index in [1.807, 2.05) is 11.0 Å². The molecule has 1 aromatic carbocycles. The Kier molecular flexibility index (Phi) is 4.91. The van der Waals surface area contributed by atoms with Gasteiger partial charge < -0.3 is 14.6 Å². The highest BCUT2D eigenvalue weighted by Gasteiger charge is 2.32. The van der Waals surface area contributed by atoms with Crippen molar-refractivity contribution in [2.75, 3.05) is 32.7 Å². The van der Waals surface area contributed by atoms with Gasteiger partial charge in [0.05, 0.1) is 12.5 Å². The predicted octanol–water partition coefficient (Wildman–Crippen LogP) is 2.22. The first kappa shape index (κ1) is 18.0. The van der Waals surface area contributed by atoms with Crippen LogP contribution < -0.4 is 5.32 Å². The van der Waals surface area contributed by atoms with Crippen LogP contribution in [0, 0.1) is 19.8 Å². The highest BCUT2D eigenvalue weighted by Crippen LogP contribution is 2.27. The van der Waals surface area contributed by atoms with Crippen molar-refractivity contribution in [1.29, 1.82) is 0 Å². The molecular weight excluding hydrogens is 342 g/mol. The van der Waals surface area contributed by atoms with Crippen LogP contribution in [0.1, 0.15) is 29.7 Å². The quantitative estimate of drug-likeness (QED) is 0.901. The molecule has 0 saturated carbocycles. The van der Waals surface area contributed by atoms with Crippen LogP contribution in [0.25, 0.3) is 11.0 Å². The van der Waals surface area contributed by atoms with Gasteiger partial charge in [-0.25, -0.2) is 0 Å². The van der Waals surface area contributed by atoms with Crippen molar-refractivity contribution in [2.45, 2.75) is 33.2 Å². The van der Waals surface area contributed by atoms with E-state index >= 15 is 0 Å². The molecule has 0 bridgehead atoms. The summed E-state index contributed by atoms with van der Waals surface area (Å²) in [4.78, 5) is 28.3. The highest BCUT2D eigenvalue weighted by atomic mass is 16.3. The number of nitrogens with one attached hydrogen (secondary N) is 1. The maximum atomic E-state index is 12.7. The van der Waals surface area contributed by atoms with Gasteiger partial charge in [-0.05, 0) is 38.0 Å². The van der Waals surface area contributed by atoms with Crippen molar-refractivity contribution in [2.24, 2.45) is 5.92 Å². The minimum Gasteiger partial charge on any atom is -0.459 e. The minimum absolute atomic E-state index is 0.0135. The molecule has 1 N–H and O–H groups in total. The van der Waals surface area contributed by atoms with E-state index in [1.165, 1.54) is 16.5 Å². The van der Waals surface area contributed by atoms with E-state index in [0.717, 1.165) is 43.9 Å². The Balaban J connectivity index is 1.41. The fourth-order valence-electron chi connectivity index (χ4n) is 4.13. The van der Waals surface area contributed by atoms with Crippen LogP contribution >= 0.6 is 0 Å². The number of carbonyl (C=O) groups is 2. The molecule has 27 heavy (non-hydrogen) atoms. The maximum absolute atomic E-state index is 12.7. The predicted molar refractivity (Wildman–Crippen MR) is 103 cm³/mol.